The number of hydrogen-bond donors (Lipinski definition) is 2. The summed E-state index contributed by atoms with van der Waals surface area (Å²) in [5.41, 5.74) is 1.05. The lowest BCUT2D eigenvalue weighted by molar-refractivity contribution is -0.207. The molecule has 1 aromatic carbocycles. The predicted molar refractivity (Wildman–Crippen MR) is 110 cm³/mol. The number of nitrogens with one attached hydrogen (secondary N) is 1. The second-order valence-electron chi connectivity index (χ2n) is 7.22. The van der Waals surface area contributed by atoms with Crippen LogP contribution in [0.5, 0.6) is 0 Å². The van der Waals surface area contributed by atoms with E-state index in [1.165, 1.54) is 18.3 Å². The fourth-order valence-electron chi connectivity index (χ4n) is 3.14. The maximum Gasteiger partial charge on any atom is 0.315 e. The minimum Gasteiger partial charge on any atom is -0.453 e. The van der Waals surface area contributed by atoms with Crippen molar-refractivity contribution in [2.45, 2.75) is 37.8 Å². The molecule has 1 amide bonds. The van der Waals surface area contributed by atoms with Crippen molar-refractivity contribution in [2.24, 2.45) is 10.7 Å². The number of amidine groups is 1. The van der Waals surface area contributed by atoms with Crippen molar-refractivity contribution in [3.05, 3.63) is 57.2 Å². The topological polar surface area (TPSA) is 89.6 Å². The molecule has 154 valence electrons. The Kier molecular flexibility index (Phi) is 5.26. The van der Waals surface area contributed by atoms with E-state index in [0.29, 0.717) is 0 Å². The van der Waals surface area contributed by atoms with E-state index < -0.39 is 40.4 Å². The summed E-state index contributed by atoms with van der Waals surface area (Å²) in [4.78, 5) is 20.1. The number of benzene rings is 1. The monoisotopic (exact) mass is 518 g/mol. The Morgan fingerprint density at radius 3 is 2.52 bits per heavy atom. The van der Waals surface area contributed by atoms with Crippen LogP contribution in [-0.2, 0) is 10.3 Å². The van der Waals surface area contributed by atoms with E-state index in [9.17, 15) is 9.18 Å². The highest BCUT2D eigenvalue weighted by Gasteiger charge is 2.66. The third-order valence-corrected chi connectivity index (χ3v) is 5.41. The van der Waals surface area contributed by atoms with Gasteiger partial charge in [-0.2, -0.15) is 8.78 Å². The van der Waals surface area contributed by atoms with Crippen LogP contribution in [0.2, 0.25) is 0 Å². The quantitative estimate of drug-likeness (QED) is 0.601. The Labute approximate surface area is 178 Å². The molecule has 10 heteroatoms. The van der Waals surface area contributed by atoms with Gasteiger partial charge in [0.15, 0.2) is 11.1 Å². The van der Waals surface area contributed by atoms with Crippen LogP contribution in [0, 0.1) is 9.39 Å². The third kappa shape index (κ3) is 3.65. The normalized spacial score (nSPS) is 22.4. The Balaban J connectivity index is 2.02. The number of carbonyl (C=O) groups excluding carboxylic acids is 1. The van der Waals surface area contributed by atoms with Gasteiger partial charge in [-0.3, -0.25) is 4.79 Å². The Bertz CT molecular complexity index is 995. The Hall–Kier alpha value is -2.37. The number of ether oxygens (including phenoxy) is 1. The molecule has 0 saturated heterocycles. The number of nitrogens with zero attached hydrogens (tertiary/aromatic N) is 2. The first-order valence-electron chi connectivity index (χ1n) is 8.52. The van der Waals surface area contributed by atoms with Crippen LogP contribution in [0.25, 0.3) is 0 Å². The molecule has 1 aliphatic heterocycles. The van der Waals surface area contributed by atoms with Crippen LogP contribution >= 0.6 is 22.6 Å². The summed E-state index contributed by atoms with van der Waals surface area (Å²) in [6.45, 7) is 3.38. The number of halogens is 4. The smallest absolute Gasteiger partial charge is 0.315 e. The summed E-state index contributed by atoms with van der Waals surface area (Å²) < 4.78 is 50.9. The molecule has 1 aliphatic rings. The van der Waals surface area contributed by atoms with E-state index in [2.05, 4.69) is 15.3 Å². The molecular formula is C19H18F3IN4O2. The van der Waals surface area contributed by atoms with Crippen LogP contribution in [0.3, 0.4) is 0 Å². The number of nitrogens with two attached hydrogens (primary N) is 1. The molecule has 0 saturated carbocycles. The van der Waals surface area contributed by atoms with Gasteiger partial charge in [-0.1, -0.05) is 0 Å². The van der Waals surface area contributed by atoms with Crippen molar-refractivity contribution < 1.29 is 22.7 Å². The molecule has 3 rings (SSSR count). The van der Waals surface area contributed by atoms with Gasteiger partial charge in [-0.25, -0.2) is 14.4 Å². The summed E-state index contributed by atoms with van der Waals surface area (Å²) in [5, 5.41) is 2.53. The molecule has 6 nitrogen and oxygen atoms in total. The lowest BCUT2D eigenvalue weighted by Crippen LogP contribution is -2.62. The molecule has 0 fully saturated rings. The van der Waals surface area contributed by atoms with Crippen LogP contribution in [-0.4, -0.2) is 28.4 Å². The van der Waals surface area contributed by atoms with E-state index in [-0.39, 0.29) is 11.4 Å². The maximum absolute atomic E-state index is 15.2. The summed E-state index contributed by atoms with van der Waals surface area (Å²) in [6.07, 6.45) is 1.51. The number of rotatable bonds is 3. The van der Waals surface area contributed by atoms with Crippen LogP contribution in [0.1, 0.15) is 36.8 Å². The summed E-state index contributed by atoms with van der Waals surface area (Å²) in [6, 6.07) is 6.11. The number of amides is 1. The zero-order chi connectivity index (χ0) is 21.6. The lowest BCUT2D eigenvalue weighted by atomic mass is 9.77. The molecule has 29 heavy (non-hydrogen) atoms. The minimum absolute atomic E-state index is 0.113. The predicted octanol–water partition coefficient (Wildman–Crippen LogP) is 4.05. The molecule has 3 N–H and O–H groups in total. The molecule has 0 aliphatic carbocycles. The Morgan fingerprint density at radius 1 is 1.21 bits per heavy atom. The standard InChI is InChI=1S/C19H18F3IN4O2/c1-17(2)19(21,22)18(3,27-16(24)29-17)12-8-11(5-6-13(12)20)26-15(28)14-7-4-10(23)9-25-14/h4-9H,1-3H3,(H2,24,27)(H,26,28)/t18-/m1/s1. The van der Waals surface area contributed by atoms with Gasteiger partial charge in [0.2, 0.25) is 0 Å². The maximum atomic E-state index is 15.2. The lowest BCUT2D eigenvalue weighted by Gasteiger charge is -2.46. The fraction of sp³-hybridized carbons (Fsp3) is 0.316. The first kappa shape index (κ1) is 21.3. The van der Waals surface area contributed by atoms with Gasteiger partial charge in [0.05, 0.1) is 0 Å². The van der Waals surface area contributed by atoms with E-state index in [1.54, 1.807) is 6.07 Å². The molecule has 0 radical (unpaired) electrons. The number of aliphatic imine (C=N–C) groups is 1. The fourth-order valence-corrected chi connectivity index (χ4v) is 3.45. The van der Waals surface area contributed by atoms with E-state index in [4.69, 9.17) is 10.5 Å². The molecule has 1 aromatic heterocycles. The van der Waals surface area contributed by atoms with E-state index in [0.717, 1.165) is 36.5 Å². The average Bonchev–Trinajstić information content (AvgIpc) is 2.61. The summed E-state index contributed by atoms with van der Waals surface area (Å²) in [7, 11) is 0. The number of anilines is 1. The van der Waals surface area contributed by atoms with Gasteiger partial charge in [0, 0.05) is 21.0 Å². The third-order valence-electron chi connectivity index (χ3n) is 4.77. The number of pyridine rings is 1. The Morgan fingerprint density at radius 2 is 1.90 bits per heavy atom. The van der Waals surface area contributed by atoms with Crippen LogP contribution in [0.4, 0.5) is 18.9 Å². The van der Waals surface area contributed by atoms with Crippen molar-refractivity contribution in [2.75, 3.05) is 5.32 Å². The second kappa shape index (κ2) is 7.15. The molecule has 0 unspecified atom stereocenters. The average molecular weight is 518 g/mol. The first-order chi connectivity index (χ1) is 13.4. The zero-order valence-electron chi connectivity index (χ0n) is 15.8. The van der Waals surface area contributed by atoms with Gasteiger partial charge >= 0.3 is 5.92 Å². The van der Waals surface area contributed by atoms with Crippen LogP contribution < -0.4 is 11.1 Å². The second-order valence-corrected chi connectivity index (χ2v) is 8.47. The van der Waals surface area contributed by atoms with Crippen molar-refractivity contribution in [1.82, 2.24) is 4.98 Å². The number of carbonyl (C=O) groups is 1. The van der Waals surface area contributed by atoms with Crippen LogP contribution in [0.15, 0.2) is 41.5 Å². The summed E-state index contributed by atoms with van der Waals surface area (Å²) >= 11 is 2.05. The number of aromatic nitrogens is 1. The van der Waals surface area contributed by atoms with Crippen molar-refractivity contribution in [1.29, 1.82) is 0 Å². The molecule has 2 aromatic rings. The SMILES string of the molecule is CC1(C)OC(N)=N[C@](C)(c2cc(NC(=O)c3ccc(I)cn3)ccc2F)C1(F)F. The van der Waals surface area contributed by atoms with Crippen molar-refractivity contribution in [3.63, 3.8) is 0 Å². The van der Waals surface area contributed by atoms with Gasteiger partial charge < -0.3 is 15.8 Å². The molecule has 0 bridgehead atoms. The van der Waals surface area contributed by atoms with Gasteiger partial charge in [-0.05, 0) is 73.7 Å². The zero-order valence-corrected chi connectivity index (χ0v) is 17.9. The van der Waals surface area contributed by atoms with E-state index >= 15 is 8.78 Å². The largest absolute Gasteiger partial charge is 0.453 e. The number of hydrogen-bond acceptors (Lipinski definition) is 5. The van der Waals surface area contributed by atoms with E-state index in [1.807, 2.05) is 22.6 Å². The molecular weight excluding hydrogens is 500 g/mol. The molecule has 0 spiro atoms. The summed E-state index contributed by atoms with van der Waals surface area (Å²) in [5.74, 6) is -5.08. The highest BCUT2D eigenvalue weighted by Crippen LogP contribution is 2.51. The van der Waals surface area contributed by atoms with Crippen molar-refractivity contribution in [3.8, 4) is 0 Å². The first-order valence-corrected chi connectivity index (χ1v) is 9.60. The van der Waals surface area contributed by atoms with Gasteiger partial charge in [-0.15, -0.1) is 0 Å². The number of alkyl halides is 2. The van der Waals surface area contributed by atoms with Gasteiger partial charge in [0.1, 0.15) is 11.5 Å². The van der Waals surface area contributed by atoms with Crippen molar-refractivity contribution >= 4 is 40.2 Å². The highest BCUT2D eigenvalue weighted by molar-refractivity contribution is 14.1. The molecule has 2 heterocycles. The molecule has 1 atom stereocenters. The minimum atomic E-state index is -3.61. The highest BCUT2D eigenvalue weighted by atomic mass is 127. The van der Waals surface area contributed by atoms with Gasteiger partial charge in [0.25, 0.3) is 11.9 Å².